The number of nitrogens with zero attached hydrogens (tertiary/aromatic N) is 7. The van der Waals surface area contributed by atoms with Crippen molar-refractivity contribution in [2.75, 3.05) is 18.4 Å². The van der Waals surface area contributed by atoms with Crippen molar-refractivity contribution in [2.24, 2.45) is 0 Å². The normalized spacial score (nSPS) is 16.5. The van der Waals surface area contributed by atoms with E-state index in [9.17, 15) is 9.59 Å². The second-order valence-corrected chi connectivity index (χ2v) is 10.7. The van der Waals surface area contributed by atoms with E-state index >= 15 is 0 Å². The van der Waals surface area contributed by atoms with Crippen molar-refractivity contribution in [1.82, 2.24) is 39.4 Å². The number of nitrogens with one attached hydrogen (secondary N) is 2. The summed E-state index contributed by atoms with van der Waals surface area (Å²) in [7, 11) is 0. The number of likely N-dealkylation sites (tertiary alicyclic amines) is 1. The average molecular weight is 598 g/mol. The van der Waals surface area contributed by atoms with E-state index < -0.39 is 5.97 Å². The molecule has 0 bridgehead atoms. The van der Waals surface area contributed by atoms with E-state index in [0.29, 0.717) is 30.9 Å². The number of aliphatic carboxylic acids is 1. The van der Waals surface area contributed by atoms with Crippen LogP contribution in [0.25, 0.3) is 11.2 Å². The maximum atomic E-state index is 12.6. The van der Waals surface area contributed by atoms with E-state index in [1.165, 1.54) is 12.7 Å². The summed E-state index contributed by atoms with van der Waals surface area (Å²) in [6, 6.07) is 11.3. The van der Waals surface area contributed by atoms with E-state index in [1.807, 2.05) is 59.1 Å². The van der Waals surface area contributed by atoms with Gasteiger partial charge in [-0.25, -0.2) is 19.0 Å². The molecule has 2 fully saturated rings. The van der Waals surface area contributed by atoms with Crippen LogP contribution in [0, 0.1) is 6.92 Å². The molecule has 5 aromatic rings. The Bertz CT molecular complexity index is 1850. The van der Waals surface area contributed by atoms with Gasteiger partial charge in [0, 0.05) is 44.2 Å². The predicted molar refractivity (Wildman–Crippen MR) is 159 cm³/mol. The molecule has 0 radical (unpaired) electrons. The molecule has 0 spiro atoms. The highest BCUT2D eigenvalue weighted by Gasteiger charge is 2.36. The van der Waals surface area contributed by atoms with Crippen LogP contribution < -0.4 is 15.4 Å². The van der Waals surface area contributed by atoms with E-state index in [1.54, 1.807) is 4.52 Å². The summed E-state index contributed by atoms with van der Waals surface area (Å²) in [5.74, 6) is 1.55. The molecule has 2 aliphatic rings. The second-order valence-electron chi connectivity index (χ2n) is 10.7. The van der Waals surface area contributed by atoms with E-state index in [-0.39, 0.29) is 23.8 Å². The van der Waals surface area contributed by atoms with Crippen molar-refractivity contribution in [1.29, 1.82) is 0 Å². The number of piperidine rings is 1. The molecule has 2 aliphatic heterocycles. The van der Waals surface area contributed by atoms with Gasteiger partial charge in [-0.2, -0.15) is 10.2 Å². The number of carboxylic acids is 1. The minimum Gasteiger partial charge on any atom is -0.481 e. The van der Waals surface area contributed by atoms with Crippen molar-refractivity contribution in [3.8, 4) is 11.5 Å². The van der Waals surface area contributed by atoms with Gasteiger partial charge < -0.3 is 25.4 Å². The highest BCUT2D eigenvalue weighted by atomic mass is 16.5. The Labute approximate surface area is 251 Å². The fourth-order valence-electron chi connectivity index (χ4n) is 5.50. The number of hydrogen-bond acceptors (Lipinski definition) is 9. The third-order valence-electron chi connectivity index (χ3n) is 7.67. The zero-order chi connectivity index (χ0) is 30.8. The fraction of sp³-hybridized carbons (Fsp3) is 0.300. The quantitative estimate of drug-likeness (QED) is 0.247. The van der Waals surface area contributed by atoms with Gasteiger partial charge in [0.2, 0.25) is 11.8 Å². The lowest BCUT2D eigenvalue weighted by Gasteiger charge is -2.36. The lowest BCUT2D eigenvalue weighted by atomic mass is 9.89. The molecule has 0 aliphatic carbocycles. The molecule has 7 rings (SSSR count). The molecule has 44 heavy (non-hydrogen) atoms. The molecule has 1 unspecified atom stereocenters. The van der Waals surface area contributed by atoms with Gasteiger partial charge in [0.1, 0.15) is 35.7 Å². The molecule has 1 atom stereocenters. The topological polar surface area (TPSA) is 168 Å². The Morgan fingerprint density at radius 2 is 1.73 bits per heavy atom. The van der Waals surface area contributed by atoms with Crippen molar-refractivity contribution in [3.05, 3.63) is 72.6 Å². The summed E-state index contributed by atoms with van der Waals surface area (Å²) in [4.78, 5) is 43.5. The summed E-state index contributed by atoms with van der Waals surface area (Å²) in [5.41, 5.74) is 4.65. The number of carbonyl (C=O) groups is 3. The van der Waals surface area contributed by atoms with Crippen molar-refractivity contribution in [3.63, 3.8) is 0 Å². The first-order valence-electron chi connectivity index (χ1n) is 14.2. The number of aryl methyl sites for hydroxylation is 1. The molecule has 3 N–H and O–H groups in total. The molecular weight excluding hydrogens is 566 g/mol. The zero-order valence-electron chi connectivity index (χ0n) is 24.2. The number of fused-ring (bicyclic) bond motifs is 2. The SMILES string of the molecule is CC(=O)O.Cc1cc(Nc2ncnn3ccc(C4CCN(C(=O)C5CC(=O)N5)CC4)c23)ccc1Oc1ccn2ncnc2c1. The number of β-lactam (4-membered cyclic amide) rings is 1. The Morgan fingerprint density at radius 3 is 2.45 bits per heavy atom. The maximum absolute atomic E-state index is 12.6. The molecule has 2 saturated heterocycles. The van der Waals surface area contributed by atoms with Gasteiger partial charge in [-0.3, -0.25) is 14.4 Å². The summed E-state index contributed by atoms with van der Waals surface area (Å²) in [6.45, 7) is 4.40. The zero-order valence-corrected chi connectivity index (χ0v) is 24.2. The van der Waals surface area contributed by atoms with Crippen LogP contribution in [0.4, 0.5) is 11.5 Å². The Hall–Kier alpha value is -5.53. The number of aromatic nitrogens is 6. The molecule has 0 saturated carbocycles. The predicted octanol–water partition coefficient (Wildman–Crippen LogP) is 3.30. The second kappa shape index (κ2) is 12.0. The smallest absolute Gasteiger partial charge is 0.300 e. The lowest BCUT2D eigenvalue weighted by molar-refractivity contribution is -0.144. The number of carboxylic acid groups (broad SMARTS) is 1. The summed E-state index contributed by atoms with van der Waals surface area (Å²) in [5, 5.41) is 22.1. The number of rotatable bonds is 6. The first-order valence-corrected chi connectivity index (χ1v) is 14.2. The van der Waals surface area contributed by atoms with Crippen LogP contribution in [-0.2, 0) is 14.4 Å². The van der Waals surface area contributed by atoms with Gasteiger partial charge in [0.05, 0.1) is 6.42 Å². The first-order chi connectivity index (χ1) is 21.2. The number of pyridine rings is 1. The minimum atomic E-state index is -0.833. The number of benzene rings is 1. The molecular formula is C30H31N9O5. The third kappa shape index (κ3) is 6.00. The Kier molecular flexibility index (Phi) is 7.79. The van der Waals surface area contributed by atoms with Crippen LogP contribution in [0.15, 0.2) is 61.4 Å². The monoisotopic (exact) mass is 597 g/mol. The summed E-state index contributed by atoms with van der Waals surface area (Å²) in [6.07, 6.45) is 8.78. The number of hydrogen-bond donors (Lipinski definition) is 3. The fourth-order valence-corrected chi connectivity index (χ4v) is 5.50. The average Bonchev–Trinajstić information content (AvgIpc) is 3.64. The third-order valence-corrected chi connectivity index (χ3v) is 7.67. The van der Waals surface area contributed by atoms with Gasteiger partial charge in [-0.15, -0.1) is 0 Å². The van der Waals surface area contributed by atoms with Crippen LogP contribution in [0.1, 0.15) is 43.2 Å². The number of ether oxygens (including phenoxy) is 1. The van der Waals surface area contributed by atoms with E-state index in [2.05, 4.69) is 36.9 Å². The molecule has 2 amide bonds. The largest absolute Gasteiger partial charge is 0.481 e. The molecule has 14 heteroatoms. The Morgan fingerprint density at radius 1 is 1.02 bits per heavy atom. The molecule has 14 nitrogen and oxygen atoms in total. The molecule has 6 heterocycles. The van der Waals surface area contributed by atoms with Gasteiger partial charge in [0.15, 0.2) is 11.5 Å². The minimum absolute atomic E-state index is 0.0207. The van der Waals surface area contributed by atoms with Crippen LogP contribution in [0.5, 0.6) is 11.5 Å². The molecule has 1 aromatic carbocycles. The summed E-state index contributed by atoms with van der Waals surface area (Å²) >= 11 is 0. The molecule has 4 aromatic heterocycles. The Balaban J connectivity index is 0.000000810. The van der Waals surface area contributed by atoms with Crippen molar-refractivity contribution in [2.45, 2.75) is 45.1 Å². The summed E-state index contributed by atoms with van der Waals surface area (Å²) < 4.78 is 9.65. The van der Waals surface area contributed by atoms with Crippen LogP contribution in [-0.4, -0.2) is 76.1 Å². The standard InChI is InChI=1S/C28H27N9O3.C2H4O2/c1-17-12-19(2-3-23(17)40-20-6-10-36-24(13-20)29-15-31-36)33-27-26-21(7-11-37(26)32-16-30-27)18-4-8-35(9-5-18)28(39)22-14-25(38)34-22;1-2(3)4/h2-3,6-7,10-13,15-16,18,22H,4-5,8-9,14H2,1H3,(H,34,38)(H,30,32,33);1H3,(H,3,4). The van der Waals surface area contributed by atoms with E-state index in [4.69, 9.17) is 14.6 Å². The van der Waals surface area contributed by atoms with Gasteiger partial charge in [0.25, 0.3) is 5.97 Å². The molecule has 226 valence electrons. The maximum Gasteiger partial charge on any atom is 0.300 e. The van der Waals surface area contributed by atoms with Gasteiger partial charge >= 0.3 is 0 Å². The number of carbonyl (C=O) groups excluding carboxylic acids is 2. The first kappa shape index (κ1) is 28.6. The van der Waals surface area contributed by atoms with E-state index in [0.717, 1.165) is 53.7 Å². The number of anilines is 2. The number of amides is 2. The highest BCUT2D eigenvalue weighted by molar-refractivity contribution is 5.97. The van der Waals surface area contributed by atoms with Crippen molar-refractivity contribution < 1.29 is 24.2 Å². The van der Waals surface area contributed by atoms with Gasteiger partial charge in [-0.1, -0.05) is 0 Å². The van der Waals surface area contributed by atoms with Crippen molar-refractivity contribution >= 4 is 40.5 Å². The highest BCUT2D eigenvalue weighted by Crippen LogP contribution is 2.35. The van der Waals surface area contributed by atoms with Gasteiger partial charge in [-0.05, 0) is 67.1 Å². The van der Waals surface area contributed by atoms with Crippen LogP contribution in [0.2, 0.25) is 0 Å². The van der Waals surface area contributed by atoms with Crippen LogP contribution in [0.3, 0.4) is 0 Å². The lowest BCUT2D eigenvalue weighted by Crippen LogP contribution is -2.58. The van der Waals surface area contributed by atoms with Crippen LogP contribution >= 0.6 is 0 Å².